The van der Waals surface area contributed by atoms with Gasteiger partial charge in [0.2, 0.25) is 0 Å². The molecule has 0 aliphatic carbocycles. The number of H-pyrrole nitrogens is 2. The first-order valence-corrected chi connectivity index (χ1v) is 11.4. The average molecular weight is 485 g/mol. The zero-order valence-electron chi connectivity index (χ0n) is 19.0. The van der Waals surface area contributed by atoms with Crippen LogP contribution in [0.4, 0.5) is 20.3 Å². The van der Waals surface area contributed by atoms with Gasteiger partial charge in [0, 0.05) is 53.1 Å². The lowest BCUT2D eigenvalue weighted by Crippen LogP contribution is -2.31. The predicted molar refractivity (Wildman–Crippen MR) is 132 cm³/mol. The number of aromatic nitrogens is 5. The van der Waals surface area contributed by atoms with Crippen molar-refractivity contribution in [2.75, 3.05) is 18.4 Å². The smallest absolute Gasteiger partial charge is 0.270 e. The average Bonchev–Trinajstić information content (AvgIpc) is 3.63. The van der Waals surface area contributed by atoms with Crippen molar-refractivity contribution in [3.63, 3.8) is 0 Å². The summed E-state index contributed by atoms with van der Waals surface area (Å²) in [6.45, 7) is -0.502. The van der Waals surface area contributed by atoms with Gasteiger partial charge in [0.25, 0.3) is 11.8 Å². The number of nitrogens with one attached hydrogen (secondary N) is 3. The topological polar surface area (TPSA) is 103 Å². The Hall–Kier alpha value is -4.60. The van der Waals surface area contributed by atoms with Gasteiger partial charge >= 0.3 is 0 Å². The number of alkyl halides is 2. The fraction of sp³-hybridized carbons (Fsp3) is 0.154. The van der Waals surface area contributed by atoms with Gasteiger partial charge in [-0.2, -0.15) is 5.10 Å². The Labute approximate surface area is 204 Å². The Morgan fingerprint density at radius 3 is 2.61 bits per heavy atom. The molecule has 2 aromatic carbocycles. The van der Waals surface area contributed by atoms with E-state index in [4.69, 9.17) is 0 Å². The largest absolute Gasteiger partial charge is 0.351 e. The molecule has 1 amide bonds. The number of anilines is 2. The number of carbonyl (C=O) groups excluding carboxylic acids is 1. The second-order valence-electron chi connectivity index (χ2n) is 8.77. The number of rotatable bonds is 5. The zero-order chi connectivity index (χ0) is 24.7. The van der Waals surface area contributed by atoms with Crippen molar-refractivity contribution in [1.82, 2.24) is 30.0 Å². The molecule has 0 atom stereocenters. The lowest BCUT2D eigenvalue weighted by Gasteiger charge is -2.14. The fourth-order valence-corrected chi connectivity index (χ4v) is 4.33. The highest BCUT2D eigenvalue weighted by molar-refractivity contribution is 5.99. The van der Waals surface area contributed by atoms with E-state index in [0.29, 0.717) is 17.2 Å². The SMILES string of the molecule is O=C(c1cc2ccc(-c3nccc(Nc4ccc(-c5cn[nH]c5)cc4)n3)cc2[nH]1)N1CCC(F)(F)C1. The molecule has 1 saturated heterocycles. The van der Waals surface area contributed by atoms with Gasteiger partial charge in [-0.1, -0.05) is 24.3 Å². The van der Waals surface area contributed by atoms with Crippen LogP contribution >= 0.6 is 0 Å². The van der Waals surface area contributed by atoms with Crippen LogP contribution in [0.15, 0.2) is 73.2 Å². The quantitative estimate of drug-likeness (QED) is 0.316. The summed E-state index contributed by atoms with van der Waals surface area (Å²) in [4.78, 5) is 26.0. The number of benzene rings is 2. The minimum absolute atomic E-state index is 0.0478. The maximum absolute atomic E-state index is 13.5. The van der Waals surface area contributed by atoms with Crippen LogP contribution in [-0.2, 0) is 0 Å². The molecule has 5 aromatic rings. The number of carbonyl (C=O) groups is 1. The predicted octanol–water partition coefficient (Wildman–Crippen LogP) is 5.24. The van der Waals surface area contributed by atoms with Crippen molar-refractivity contribution in [2.45, 2.75) is 12.3 Å². The van der Waals surface area contributed by atoms with Gasteiger partial charge < -0.3 is 15.2 Å². The summed E-state index contributed by atoms with van der Waals surface area (Å²) in [5.41, 5.74) is 4.69. The van der Waals surface area contributed by atoms with Gasteiger partial charge in [-0.15, -0.1) is 0 Å². The van der Waals surface area contributed by atoms with E-state index in [1.165, 1.54) is 4.90 Å². The number of fused-ring (bicyclic) bond motifs is 1. The first-order valence-electron chi connectivity index (χ1n) is 11.4. The summed E-state index contributed by atoms with van der Waals surface area (Å²) in [6, 6.07) is 17.0. The lowest BCUT2D eigenvalue weighted by molar-refractivity contribution is 0.0119. The summed E-state index contributed by atoms with van der Waals surface area (Å²) in [7, 11) is 0. The Morgan fingerprint density at radius 2 is 1.86 bits per heavy atom. The third-order valence-corrected chi connectivity index (χ3v) is 6.21. The monoisotopic (exact) mass is 485 g/mol. The summed E-state index contributed by atoms with van der Waals surface area (Å²) < 4.78 is 27.1. The van der Waals surface area contributed by atoms with Crippen molar-refractivity contribution >= 4 is 28.3 Å². The van der Waals surface area contributed by atoms with E-state index >= 15 is 0 Å². The first-order chi connectivity index (χ1) is 17.4. The number of hydrogen-bond acceptors (Lipinski definition) is 5. The summed E-state index contributed by atoms with van der Waals surface area (Å²) in [6.07, 6.45) is 4.97. The van der Waals surface area contributed by atoms with E-state index in [2.05, 4.69) is 30.5 Å². The molecule has 3 N–H and O–H groups in total. The first kappa shape index (κ1) is 21.9. The molecule has 0 spiro atoms. The number of halogens is 2. The van der Waals surface area contributed by atoms with Crippen LogP contribution < -0.4 is 5.32 Å². The van der Waals surface area contributed by atoms with Gasteiger partial charge in [-0.05, 0) is 35.9 Å². The van der Waals surface area contributed by atoms with Gasteiger partial charge in [0.15, 0.2) is 5.82 Å². The van der Waals surface area contributed by atoms with Crippen molar-refractivity contribution in [1.29, 1.82) is 0 Å². The lowest BCUT2D eigenvalue weighted by atomic mass is 10.1. The molecular formula is C26H21F2N7O. The molecule has 3 aromatic heterocycles. The summed E-state index contributed by atoms with van der Waals surface area (Å²) in [5.74, 6) is -2.11. The molecule has 8 nitrogen and oxygen atoms in total. The van der Waals surface area contributed by atoms with E-state index < -0.39 is 18.4 Å². The standard InChI is InChI=1S/C26H21F2N7O/c27-26(28)8-10-35(15-26)25(36)22-11-17-1-2-18(12-21(17)33-22)24-29-9-7-23(34-24)32-20-5-3-16(4-6-20)19-13-30-31-14-19/h1-7,9,11-14,33H,8,10,15H2,(H,30,31)(H,29,32,34). The fourth-order valence-electron chi connectivity index (χ4n) is 4.33. The number of amides is 1. The molecule has 36 heavy (non-hydrogen) atoms. The van der Waals surface area contributed by atoms with E-state index in [1.807, 2.05) is 48.7 Å². The van der Waals surface area contributed by atoms with Gasteiger partial charge in [0.1, 0.15) is 11.5 Å². The zero-order valence-corrected chi connectivity index (χ0v) is 19.0. The van der Waals surface area contributed by atoms with Crippen LogP contribution in [0.1, 0.15) is 16.9 Å². The van der Waals surface area contributed by atoms with Gasteiger partial charge in [-0.25, -0.2) is 18.7 Å². The van der Waals surface area contributed by atoms with Crippen molar-refractivity contribution in [3.05, 3.63) is 78.9 Å². The summed E-state index contributed by atoms with van der Waals surface area (Å²) >= 11 is 0. The molecule has 1 aliphatic rings. The van der Waals surface area contributed by atoms with Gasteiger partial charge in [0.05, 0.1) is 12.7 Å². The third kappa shape index (κ3) is 4.28. The minimum atomic E-state index is -2.83. The van der Waals surface area contributed by atoms with Crippen LogP contribution in [-0.4, -0.2) is 55.0 Å². The van der Waals surface area contributed by atoms with E-state index in [-0.39, 0.29) is 18.7 Å². The summed E-state index contributed by atoms with van der Waals surface area (Å²) in [5, 5.41) is 10.9. The van der Waals surface area contributed by atoms with E-state index in [9.17, 15) is 13.6 Å². The third-order valence-electron chi connectivity index (χ3n) is 6.21. The molecular weight excluding hydrogens is 464 g/mol. The number of nitrogens with zero attached hydrogens (tertiary/aromatic N) is 4. The number of aromatic amines is 2. The molecule has 1 fully saturated rings. The maximum Gasteiger partial charge on any atom is 0.270 e. The molecule has 1 aliphatic heterocycles. The molecule has 0 unspecified atom stereocenters. The molecule has 0 radical (unpaired) electrons. The molecule has 10 heteroatoms. The van der Waals surface area contributed by atoms with Crippen LogP contribution in [0, 0.1) is 0 Å². The molecule has 0 bridgehead atoms. The van der Waals surface area contributed by atoms with E-state index in [1.54, 1.807) is 24.5 Å². The molecule has 6 rings (SSSR count). The molecule has 4 heterocycles. The highest BCUT2D eigenvalue weighted by Crippen LogP contribution is 2.29. The van der Waals surface area contributed by atoms with Crippen LogP contribution in [0.5, 0.6) is 0 Å². The highest BCUT2D eigenvalue weighted by Gasteiger charge is 2.40. The molecule has 180 valence electrons. The van der Waals surface area contributed by atoms with Crippen LogP contribution in [0.3, 0.4) is 0 Å². The number of likely N-dealkylation sites (tertiary alicyclic amines) is 1. The maximum atomic E-state index is 13.5. The Bertz CT molecular complexity index is 1540. The van der Waals surface area contributed by atoms with Crippen LogP contribution in [0.25, 0.3) is 33.4 Å². The van der Waals surface area contributed by atoms with Crippen molar-refractivity contribution in [2.24, 2.45) is 0 Å². The van der Waals surface area contributed by atoms with Crippen molar-refractivity contribution in [3.8, 4) is 22.5 Å². The van der Waals surface area contributed by atoms with Gasteiger partial charge in [-0.3, -0.25) is 9.89 Å². The Balaban J connectivity index is 1.21. The van der Waals surface area contributed by atoms with E-state index in [0.717, 1.165) is 27.8 Å². The van der Waals surface area contributed by atoms with Crippen molar-refractivity contribution < 1.29 is 13.6 Å². The second kappa shape index (κ2) is 8.56. The van der Waals surface area contributed by atoms with Crippen LogP contribution in [0.2, 0.25) is 0 Å². The molecule has 0 saturated carbocycles. The minimum Gasteiger partial charge on any atom is -0.351 e. The highest BCUT2D eigenvalue weighted by atomic mass is 19.3. The Morgan fingerprint density at radius 1 is 1.03 bits per heavy atom. The second-order valence-corrected chi connectivity index (χ2v) is 8.77. The Kier molecular flexibility index (Phi) is 5.21. The normalized spacial score (nSPS) is 14.9. The number of hydrogen-bond donors (Lipinski definition) is 3.